The molecule has 0 radical (unpaired) electrons. The van der Waals surface area contributed by atoms with Crippen molar-refractivity contribution in [2.24, 2.45) is 5.92 Å². The number of hydrogen-bond acceptors (Lipinski definition) is 3. The lowest BCUT2D eigenvalue weighted by Gasteiger charge is -2.23. The Morgan fingerprint density at radius 1 is 1.12 bits per heavy atom. The molecule has 130 valence electrons. The van der Waals surface area contributed by atoms with Crippen molar-refractivity contribution in [1.29, 1.82) is 0 Å². The van der Waals surface area contributed by atoms with Crippen molar-refractivity contribution in [3.05, 3.63) is 35.4 Å². The van der Waals surface area contributed by atoms with Crippen molar-refractivity contribution in [3.63, 3.8) is 0 Å². The molecule has 1 aromatic carbocycles. The molecule has 4 rings (SSSR count). The molecule has 2 aliphatic carbocycles. The van der Waals surface area contributed by atoms with Crippen LogP contribution in [0.1, 0.15) is 73.2 Å². The first kappa shape index (κ1) is 16.3. The van der Waals surface area contributed by atoms with Crippen molar-refractivity contribution in [2.75, 3.05) is 13.2 Å². The topological polar surface area (TPSA) is 38.3 Å². The normalized spacial score (nSPS) is 28.2. The number of benzene rings is 1. The molecule has 24 heavy (non-hydrogen) atoms. The maximum Gasteiger partial charge on any atom is 0.163 e. The number of carbonyl (C=O) groups excluding carboxylic acids is 1. The zero-order valence-electron chi connectivity index (χ0n) is 14.5. The van der Waals surface area contributed by atoms with Crippen LogP contribution < -0.4 is 5.32 Å². The zero-order valence-corrected chi connectivity index (χ0v) is 14.5. The molecule has 2 atom stereocenters. The van der Waals surface area contributed by atoms with Crippen LogP contribution in [0.5, 0.6) is 0 Å². The van der Waals surface area contributed by atoms with Gasteiger partial charge >= 0.3 is 0 Å². The van der Waals surface area contributed by atoms with Gasteiger partial charge in [0.15, 0.2) is 5.78 Å². The van der Waals surface area contributed by atoms with Crippen molar-refractivity contribution >= 4 is 5.78 Å². The summed E-state index contributed by atoms with van der Waals surface area (Å²) in [5, 5.41) is 3.78. The van der Waals surface area contributed by atoms with E-state index >= 15 is 0 Å². The van der Waals surface area contributed by atoms with Gasteiger partial charge in [0.05, 0.1) is 0 Å². The lowest BCUT2D eigenvalue weighted by Crippen LogP contribution is -2.36. The number of carbonyl (C=O) groups is 1. The lowest BCUT2D eigenvalue weighted by atomic mass is 9.95. The Labute approximate surface area is 145 Å². The summed E-state index contributed by atoms with van der Waals surface area (Å²) in [6.07, 6.45) is 9.30. The first-order valence-electron chi connectivity index (χ1n) is 9.76. The highest BCUT2D eigenvalue weighted by Gasteiger charge is 2.39. The van der Waals surface area contributed by atoms with Gasteiger partial charge in [0.2, 0.25) is 0 Å². The van der Waals surface area contributed by atoms with E-state index in [0.29, 0.717) is 29.7 Å². The van der Waals surface area contributed by atoms with Crippen LogP contribution in [0.15, 0.2) is 24.3 Å². The molecule has 1 N–H and O–H groups in total. The SMILES string of the molecule is O=C(CC1CCCC1)c1cccc(C2CC2NC2CCOCC2)c1. The smallest absolute Gasteiger partial charge is 0.163 e. The molecular formula is C21H29NO2. The fourth-order valence-electron chi connectivity index (χ4n) is 4.45. The van der Waals surface area contributed by atoms with Gasteiger partial charge < -0.3 is 10.1 Å². The summed E-state index contributed by atoms with van der Waals surface area (Å²) < 4.78 is 5.43. The minimum Gasteiger partial charge on any atom is -0.381 e. The van der Waals surface area contributed by atoms with Crippen LogP contribution in [0, 0.1) is 5.92 Å². The van der Waals surface area contributed by atoms with Gasteiger partial charge in [-0.15, -0.1) is 0 Å². The van der Waals surface area contributed by atoms with Crippen LogP contribution in [0.2, 0.25) is 0 Å². The number of ether oxygens (including phenoxy) is 1. The van der Waals surface area contributed by atoms with E-state index in [9.17, 15) is 4.79 Å². The van der Waals surface area contributed by atoms with Crippen LogP contribution in [0.4, 0.5) is 0 Å². The molecular weight excluding hydrogens is 298 g/mol. The fourth-order valence-corrected chi connectivity index (χ4v) is 4.45. The summed E-state index contributed by atoms with van der Waals surface area (Å²) in [5.74, 6) is 1.57. The Hall–Kier alpha value is -1.19. The molecule has 3 aliphatic rings. The van der Waals surface area contributed by atoms with Gasteiger partial charge in [0.1, 0.15) is 0 Å². The van der Waals surface area contributed by atoms with E-state index in [-0.39, 0.29) is 0 Å². The summed E-state index contributed by atoms with van der Waals surface area (Å²) >= 11 is 0. The second-order valence-electron chi connectivity index (χ2n) is 7.91. The van der Waals surface area contributed by atoms with Gasteiger partial charge in [0.25, 0.3) is 0 Å². The van der Waals surface area contributed by atoms with Gasteiger partial charge in [-0.2, -0.15) is 0 Å². The van der Waals surface area contributed by atoms with E-state index in [0.717, 1.165) is 38.0 Å². The number of hydrogen-bond donors (Lipinski definition) is 1. The second-order valence-corrected chi connectivity index (χ2v) is 7.91. The molecule has 0 spiro atoms. The lowest BCUT2D eigenvalue weighted by molar-refractivity contribution is 0.0774. The molecule has 0 amide bonds. The maximum absolute atomic E-state index is 12.6. The van der Waals surface area contributed by atoms with Crippen molar-refractivity contribution < 1.29 is 9.53 Å². The highest BCUT2D eigenvalue weighted by atomic mass is 16.5. The summed E-state index contributed by atoms with van der Waals surface area (Å²) in [7, 11) is 0. The zero-order chi connectivity index (χ0) is 16.4. The minimum atomic E-state index is 0.346. The molecule has 0 bridgehead atoms. The van der Waals surface area contributed by atoms with Gasteiger partial charge in [-0.05, 0) is 36.8 Å². The van der Waals surface area contributed by atoms with E-state index in [1.165, 1.54) is 37.7 Å². The number of Topliss-reactive ketones (excluding diaryl/α,β-unsaturated/α-hetero) is 1. The number of nitrogens with one attached hydrogen (secondary N) is 1. The predicted molar refractivity (Wildman–Crippen MR) is 95.5 cm³/mol. The van der Waals surface area contributed by atoms with E-state index in [1.54, 1.807) is 0 Å². The van der Waals surface area contributed by atoms with Crippen LogP contribution >= 0.6 is 0 Å². The Morgan fingerprint density at radius 2 is 1.92 bits per heavy atom. The summed E-state index contributed by atoms with van der Waals surface area (Å²) in [6.45, 7) is 1.78. The van der Waals surface area contributed by atoms with Crippen LogP contribution in [-0.4, -0.2) is 31.1 Å². The third kappa shape index (κ3) is 3.89. The standard InChI is InChI=1S/C21H29NO2/c23-21(12-15-4-1-2-5-15)17-7-3-6-16(13-17)19-14-20(19)22-18-8-10-24-11-9-18/h3,6-7,13,15,18-20,22H,1-2,4-5,8-12,14H2. The van der Waals surface area contributed by atoms with Crippen LogP contribution in [-0.2, 0) is 4.74 Å². The summed E-state index contributed by atoms with van der Waals surface area (Å²) in [4.78, 5) is 12.6. The van der Waals surface area contributed by atoms with Crippen molar-refractivity contribution in [3.8, 4) is 0 Å². The predicted octanol–water partition coefficient (Wildman–Crippen LogP) is 4.07. The van der Waals surface area contributed by atoms with Gasteiger partial charge in [-0.1, -0.05) is 43.9 Å². The molecule has 2 saturated carbocycles. The number of ketones is 1. The maximum atomic E-state index is 12.6. The quantitative estimate of drug-likeness (QED) is 0.800. The summed E-state index contributed by atoms with van der Waals surface area (Å²) in [5.41, 5.74) is 2.27. The minimum absolute atomic E-state index is 0.346. The molecule has 1 heterocycles. The van der Waals surface area contributed by atoms with E-state index in [2.05, 4.69) is 23.5 Å². The average Bonchev–Trinajstić information content (AvgIpc) is 3.19. The first-order chi connectivity index (χ1) is 11.8. The van der Waals surface area contributed by atoms with E-state index in [4.69, 9.17) is 4.74 Å². The summed E-state index contributed by atoms with van der Waals surface area (Å²) in [6, 6.07) is 9.63. The van der Waals surface area contributed by atoms with Gasteiger partial charge in [-0.25, -0.2) is 0 Å². The first-order valence-corrected chi connectivity index (χ1v) is 9.76. The second kappa shape index (κ2) is 7.37. The van der Waals surface area contributed by atoms with Crippen molar-refractivity contribution in [1.82, 2.24) is 5.32 Å². The molecule has 0 aromatic heterocycles. The Morgan fingerprint density at radius 3 is 2.71 bits per heavy atom. The monoisotopic (exact) mass is 327 g/mol. The Kier molecular flexibility index (Phi) is 5.00. The third-order valence-corrected chi connectivity index (χ3v) is 6.05. The number of rotatable bonds is 6. The molecule has 3 nitrogen and oxygen atoms in total. The fraction of sp³-hybridized carbons (Fsp3) is 0.667. The van der Waals surface area contributed by atoms with Crippen LogP contribution in [0.3, 0.4) is 0 Å². The van der Waals surface area contributed by atoms with Crippen molar-refractivity contribution in [2.45, 2.75) is 69.4 Å². The molecule has 1 aromatic rings. The molecule has 1 saturated heterocycles. The Bertz CT molecular complexity index is 573. The highest BCUT2D eigenvalue weighted by Crippen LogP contribution is 2.42. The molecule has 3 heteroatoms. The largest absolute Gasteiger partial charge is 0.381 e. The van der Waals surface area contributed by atoms with E-state index in [1.807, 2.05) is 6.07 Å². The molecule has 1 aliphatic heterocycles. The molecule has 3 fully saturated rings. The van der Waals surface area contributed by atoms with E-state index < -0.39 is 0 Å². The Balaban J connectivity index is 1.34. The third-order valence-electron chi connectivity index (χ3n) is 6.05. The molecule has 2 unspecified atom stereocenters. The highest BCUT2D eigenvalue weighted by molar-refractivity contribution is 5.96. The average molecular weight is 327 g/mol. The van der Waals surface area contributed by atoms with Gasteiger partial charge in [-0.3, -0.25) is 4.79 Å². The van der Waals surface area contributed by atoms with Crippen LogP contribution in [0.25, 0.3) is 0 Å². The van der Waals surface area contributed by atoms with Gasteiger partial charge in [0, 0.05) is 43.2 Å².